The SMILES string of the molecule is CCS(=O)(=O)CCNCc1ccc(CC(=O)O)s1. The number of nitrogens with one attached hydrogen (secondary N) is 1. The molecular weight excluding hydrogens is 274 g/mol. The number of carboxylic acids is 1. The van der Waals surface area contributed by atoms with Crippen LogP contribution >= 0.6 is 11.3 Å². The molecule has 2 N–H and O–H groups in total. The maximum Gasteiger partial charge on any atom is 0.308 e. The highest BCUT2D eigenvalue weighted by molar-refractivity contribution is 7.91. The van der Waals surface area contributed by atoms with E-state index < -0.39 is 15.8 Å². The largest absolute Gasteiger partial charge is 0.481 e. The smallest absolute Gasteiger partial charge is 0.308 e. The van der Waals surface area contributed by atoms with Crippen LogP contribution in [0.3, 0.4) is 0 Å². The van der Waals surface area contributed by atoms with Crippen molar-refractivity contribution in [2.45, 2.75) is 19.9 Å². The maximum absolute atomic E-state index is 11.2. The van der Waals surface area contributed by atoms with Crippen LogP contribution in [0.15, 0.2) is 12.1 Å². The van der Waals surface area contributed by atoms with Crippen LogP contribution in [0, 0.1) is 0 Å². The predicted molar refractivity (Wildman–Crippen MR) is 71.7 cm³/mol. The summed E-state index contributed by atoms with van der Waals surface area (Å²) in [5.74, 6) is -0.543. The molecule has 0 spiro atoms. The van der Waals surface area contributed by atoms with Gasteiger partial charge < -0.3 is 10.4 Å². The van der Waals surface area contributed by atoms with Gasteiger partial charge in [0.1, 0.15) is 0 Å². The third-order valence-corrected chi connectivity index (χ3v) is 5.16. The number of thiophene rings is 1. The predicted octanol–water partition coefficient (Wildman–Crippen LogP) is 0.899. The van der Waals surface area contributed by atoms with E-state index in [0.717, 1.165) is 9.75 Å². The van der Waals surface area contributed by atoms with E-state index in [0.29, 0.717) is 13.1 Å². The van der Waals surface area contributed by atoms with Gasteiger partial charge in [0.15, 0.2) is 9.84 Å². The summed E-state index contributed by atoms with van der Waals surface area (Å²) in [5.41, 5.74) is 0. The molecule has 18 heavy (non-hydrogen) atoms. The van der Waals surface area contributed by atoms with Crippen LogP contribution in [-0.2, 0) is 27.6 Å². The average Bonchev–Trinajstić information content (AvgIpc) is 2.71. The molecule has 5 nitrogen and oxygen atoms in total. The second-order valence-electron chi connectivity index (χ2n) is 3.85. The number of hydrogen-bond donors (Lipinski definition) is 2. The van der Waals surface area contributed by atoms with Crippen molar-refractivity contribution in [3.63, 3.8) is 0 Å². The Kier molecular flexibility index (Phi) is 5.77. The molecule has 0 aliphatic rings. The summed E-state index contributed by atoms with van der Waals surface area (Å²) in [7, 11) is -2.92. The molecule has 0 aliphatic carbocycles. The molecule has 1 rings (SSSR count). The summed E-state index contributed by atoms with van der Waals surface area (Å²) in [6.07, 6.45) is 0.0366. The van der Waals surface area contributed by atoms with Gasteiger partial charge >= 0.3 is 5.97 Å². The van der Waals surface area contributed by atoms with Crippen molar-refractivity contribution in [1.29, 1.82) is 0 Å². The van der Waals surface area contributed by atoms with Crippen LogP contribution < -0.4 is 5.32 Å². The fraction of sp³-hybridized carbons (Fsp3) is 0.545. The Labute approximate surface area is 111 Å². The van der Waals surface area contributed by atoms with Crippen molar-refractivity contribution >= 4 is 27.1 Å². The Bertz CT molecular complexity index is 493. The molecule has 1 aromatic heterocycles. The number of sulfone groups is 1. The third kappa shape index (κ3) is 5.61. The van der Waals surface area contributed by atoms with Gasteiger partial charge in [-0.25, -0.2) is 8.42 Å². The van der Waals surface area contributed by atoms with Crippen molar-refractivity contribution in [2.24, 2.45) is 0 Å². The van der Waals surface area contributed by atoms with Gasteiger partial charge in [-0.05, 0) is 12.1 Å². The van der Waals surface area contributed by atoms with E-state index in [2.05, 4.69) is 5.32 Å². The molecular formula is C11H17NO4S2. The second-order valence-corrected chi connectivity index (χ2v) is 7.58. The zero-order valence-corrected chi connectivity index (χ0v) is 11.8. The van der Waals surface area contributed by atoms with Gasteiger partial charge in [-0.3, -0.25) is 4.79 Å². The van der Waals surface area contributed by atoms with Gasteiger partial charge in [0.25, 0.3) is 0 Å². The van der Waals surface area contributed by atoms with Gasteiger partial charge in [0, 0.05) is 28.6 Å². The van der Waals surface area contributed by atoms with E-state index in [1.54, 1.807) is 13.0 Å². The summed E-state index contributed by atoms with van der Waals surface area (Å²) in [6, 6.07) is 3.66. The topological polar surface area (TPSA) is 83.5 Å². The Morgan fingerprint density at radius 2 is 2.06 bits per heavy atom. The van der Waals surface area contributed by atoms with Gasteiger partial charge in [-0.15, -0.1) is 11.3 Å². The molecule has 7 heteroatoms. The summed E-state index contributed by atoms with van der Waals surface area (Å²) >= 11 is 1.43. The molecule has 0 aromatic carbocycles. The lowest BCUT2D eigenvalue weighted by Gasteiger charge is -2.02. The number of aliphatic carboxylic acids is 1. The fourth-order valence-electron chi connectivity index (χ4n) is 1.34. The summed E-state index contributed by atoms with van der Waals surface area (Å²) in [5, 5.41) is 11.7. The molecule has 0 fully saturated rings. The Balaban J connectivity index is 2.32. The van der Waals surface area contributed by atoms with Gasteiger partial charge in [0.05, 0.1) is 12.2 Å². The summed E-state index contributed by atoms with van der Waals surface area (Å²) < 4.78 is 22.5. The lowest BCUT2D eigenvalue weighted by molar-refractivity contribution is -0.136. The number of hydrogen-bond acceptors (Lipinski definition) is 5. The van der Waals surface area contributed by atoms with E-state index >= 15 is 0 Å². The standard InChI is InChI=1S/C11H17NO4S2/c1-2-18(15,16)6-5-12-8-10-4-3-9(17-10)7-11(13)14/h3-4,12H,2,5-8H2,1H3,(H,13,14). The minimum absolute atomic E-state index is 0.0366. The molecule has 0 amide bonds. The lowest BCUT2D eigenvalue weighted by Crippen LogP contribution is -2.23. The van der Waals surface area contributed by atoms with Gasteiger partial charge in [0.2, 0.25) is 0 Å². The van der Waals surface area contributed by atoms with Crippen LogP contribution in [0.1, 0.15) is 16.7 Å². The van der Waals surface area contributed by atoms with Crippen molar-refractivity contribution in [1.82, 2.24) is 5.32 Å². The first-order chi connectivity index (χ1) is 8.43. The average molecular weight is 291 g/mol. The highest BCUT2D eigenvalue weighted by atomic mass is 32.2. The molecule has 0 unspecified atom stereocenters. The molecule has 0 saturated heterocycles. The summed E-state index contributed by atoms with van der Waals surface area (Å²) in [4.78, 5) is 12.3. The molecule has 102 valence electrons. The Morgan fingerprint density at radius 1 is 1.39 bits per heavy atom. The zero-order valence-electron chi connectivity index (χ0n) is 10.2. The summed E-state index contributed by atoms with van der Waals surface area (Å²) in [6.45, 7) is 2.62. The van der Waals surface area contributed by atoms with Gasteiger partial charge in [-0.1, -0.05) is 6.92 Å². The quantitative estimate of drug-likeness (QED) is 0.695. The van der Waals surface area contributed by atoms with E-state index in [1.165, 1.54) is 11.3 Å². The highest BCUT2D eigenvalue weighted by Crippen LogP contribution is 2.16. The van der Waals surface area contributed by atoms with Crippen molar-refractivity contribution in [3.05, 3.63) is 21.9 Å². The number of rotatable bonds is 8. The second kappa shape index (κ2) is 6.86. The Morgan fingerprint density at radius 3 is 2.67 bits per heavy atom. The molecule has 0 atom stereocenters. The molecule has 0 aliphatic heterocycles. The van der Waals surface area contributed by atoms with Crippen LogP contribution in [0.2, 0.25) is 0 Å². The minimum Gasteiger partial charge on any atom is -0.481 e. The van der Waals surface area contributed by atoms with Crippen molar-refractivity contribution in [3.8, 4) is 0 Å². The van der Waals surface area contributed by atoms with E-state index in [-0.39, 0.29) is 17.9 Å². The zero-order chi connectivity index (χ0) is 13.6. The number of carboxylic acid groups (broad SMARTS) is 1. The van der Waals surface area contributed by atoms with Gasteiger partial charge in [-0.2, -0.15) is 0 Å². The lowest BCUT2D eigenvalue weighted by atomic mass is 10.3. The highest BCUT2D eigenvalue weighted by Gasteiger charge is 2.07. The van der Waals surface area contributed by atoms with Crippen molar-refractivity contribution < 1.29 is 18.3 Å². The van der Waals surface area contributed by atoms with Crippen LogP contribution in [-0.4, -0.2) is 37.5 Å². The molecule has 0 bridgehead atoms. The Hall–Kier alpha value is -0.920. The monoisotopic (exact) mass is 291 g/mol. The molecule has 0 saturated carbocycles. The maximum atomic E-state index is 11.2. The fourth-order valence-corrected chi connectivity index (χ4v) is 3.07. The third-order valence-electron chi connectivity index (χ3n) is 2.37. The van der Waals surface area contributed by atoms with Crippen LogP contribution in [0.5, 0.6) is 0 Å². The molecule has 1 aromatic rings. The van der Waals surface area contributed by atoms with E-state index in [1.807, 2.05) is 6.07 Å². The van der Waals surface area contributed by atoms with Crippen molar-refractivity contribution in [2.75, 3.05) is 18.1 Å². The van der Waals surface area contributed by atoms with E-state index in [4.69, 9.17) is 5.11 Å². The molecule has 1 heterocycles. The minimum atomic E-state index is -2.92. The van der Waals surface area contributed by atoms with E-state index in [9.17, 15) is 13.2 Å². The van der Waals surface area contributed by atoms with Crippen LogP contribution in [0.25, 0.3) is 0 Å². The first-order valence-corrected chi connectivity index (χ1v) is 8.27. The normalized spacial score (nSPS) is 11.6. The molecule has 0 radical (unpaired) electrons. The first kappa shape index (κ1) is 15.1. The number of carbonyl (C=O) groups is 1. The first-order valence-electron chi connectivity index (χ1n) is 5.63. The van der Waals surface area contributed by atoms with Crippen LogP contribution in [0.4, 0.5) is 0 Å².